The van der Waals surface area contributed by atoms with Gasteiger partial charge in [0.1, 0.15) is 0 Å². The molecule has 0 fully saturated rings. The van der Waals surface area contributed by atoms with Crippen LogP contribution in [0.5, 0.6) is 0 Å². The average Bonchev–Trinajstić information content (AvgIpc) is 2.39. The van der Waals surface area contributed by atoms with E-state index in [4.69, 9.17) is 26.5 Å². The van der Waals surface area contributed by atoms with Crippen molar-refractivity contribution in [3.05, 3.63) is 33.3 Å². The van der Waals surface area contributed by atoms with Crippen molar-refractivity contribution in [1.29, 1.82) is 5.41 Å². The van der Waals surface area contributed by atoms with Crippen LogP contribution >= 0.6 is 27.5 Å². The van der Waals surface area contributed by atoms with E-state index in [0.717, 1.165) is 10.0 Å². The second-order valence-corrected chi connectivity index (χ2v) is 5.04. The van der Waals surface area contributed by atoms with Crippen LogP contribution in [-0.2, 0) is 16.0 Å². The maximum atomic E-state index is 7.92. The number of rotatable bonds is 7. The molecule has 1 aromatic carbocycles. The highest BCUT2D eigenvalue weighted by molar-refractivity contribution is 9.10. The number of hydrogen-bond acceptors (Lipinski definition) is 3. The van der Waals surface area contributed by atoms with Gasteiger partial charge in [0.05, 0.1) is 0 Å². The molecular weight excluding hydrogens is 332 g/mol. The maximum Gasteiger partial charge on any atom is 0.216 e. The van der Waals surface area contributed by atoms with E-state index in [1.54, 1.807) is 0 Å². The summed E-state index contributed by atoms with van der Waals surface area (Å²) < 4.78 is 11.6. The lowest BCUT2D eigenvalue weighted by molar-refractivity contribution is -0.0923. The fourth-order valence-corrected chi connectivity index (χ4v) is 2.05. The van der Waals surface area contributed by atoms with Crippen molar-refractivity contribution in [1.82, 2.24) is 5.32 Å². The Balaban J connectivity index is 2.59. The molecule has 0 bridgehead atoms. The van der Waals surface area contributed by atoms with E-state index in [1.165, 1.54) is 0 Å². The Labute approximate surface area is 127 Å². The first-order valence-corrected chi connectivity index (χ1v) is 7.25. The molecule has 0 saturated heterocycles. The van der Waals surface area contributed by atoms with E-state index in [9.17, 15) is 0 Å². The second kappa shape index (κ2) is 8.53. The van der Waals surface area contributed by atoms with E-state index in [0.29, 0.717) is 24.8 Å². The third-order valence-corrected chi connectivity index (χ3v) is 3.36. The molecule has 0 radical (unpaired) electrons. The molecule has 6 heteroatoms. The highest BCUT2D eigenvalue weighted by atomic mass is 79.9. The van der Waals surface area contributed by atoms with Crippen LogP contribution in [0.1, 0.15) is 19.4 Å². The van der Waals surface area contributed by atoms with Gasteiger partial charge in [-0.25, -0.2) is 0 Å². The molecule has 0 atom stereocenters. The van der Waals surface area contributed by atoms with E-state index >= 15 is 0 Å². The maximum absolute atomic E-state index is 7.92. The Morgan fingerprint density at radius 2 is 2.00 bits per heavy atom. The number of ether oxygens (including phenoxy) is 2. The van der Waals surface area contributed by atoms with Gasteiger partial charge in [-0.15, -0.1) is 0 Å². The van der Waals surface area contributed by atoms with E-state index in [1.807, 2.05) is 32.0 Å². The zero-order chi connectivity index (χ0) is 14.3. The first-order valence-electron chi connectivity index (χ1n) is 6.07. The van der Waals surface area contributed by atoms with Crippen molar-refractivity contribution in [2.45, 2.75) is 26.7 Å². The first kappa shape index (κ1) is 16.4. The molecule has 106 valence electrons. The lowest BCUT2D eigenvalue weighted by atomic mass is 10.2. The number of benzene rings is 1. The van der Waals surface area contributed by atoms with Gasteiger partial charge in [0.25, 0.3) is 0 Å². The largest absolute Gasteiger partial charge is 0.366 e. The normalized spacial score (nSPS) is 10.8. The quantitative estimate of drug-likeness (QED) is 0.449. The molecule has 0 unspecified atom stereocenters. The van der Waals surface area contributed by atoms with Crippen LogP contribution in [-0.4, -0.2) is 25.3 Å². The fraction of sp³-hybridized carbons (Fsp3) is 0.462. The molecule has 0 amide bonds. The van der Waals surface area contributed by atoms with Gasteiger partial charge in [-0.3, -0.25) is 5.41 Å². The lowest BCUT2D eigenvalue weighted by Crippen LogP contribution is -2.37. The van der Waals surface area contributed by atoms with Gasteiger partial charge in [-0.05, 0) is 37.6 Å². The van der Waals surface area contributed by atoms with Crippen LogP contribution in [0.3, 0.4) is 0 Å². The van der Waals surface area contributed by atoms with Gasteiger partial charge in [0.2, 0.25) is 6.29 Å². The molecule has 19 heavy (non-hydrogen) atoms. The highest BCUT2D eigenvalue weighted by Gasteiger charge is 2.14. The third kappa shape index (κ3) is 5.48. The molecule has 4 nitrogen and oxygen atoms in total. The molecule has 2 N–H and O–H groups in total. The van der Waals surface area contributed by atoms with Crippen LogP contribution in [0.15, 0.2) is 22.7 Å². The number of halogens is 2. The Hall–Kier alpha value is -0.620. The van der Waals surface area contributed by atoms with Crippen molar-refractivity contribution < 1.29 is 9.47 Å². The van der Waals surface area contributed by atoms with Crippen LogP contribution in [0, 0.1) is 5.41 Å². The lowest BCUT2D eigenvalue weighted by Gasteiger charge is -2.19. The van der Waals surface area contributed by atoms with Crippen molar-refractivity contribution in [3.63, 3.8) is 0 Å². The molecular formula is C13H18BrClN2O2. The zero-order valence-corrected chi connectivity index (χ0v) is 13.3. The first-order chi connectivity index (χ1) is 9.08. The van der Waals surface area contributed by atoms with Crippen LogP contribution in [0.4, 0.5) is 0 Å². The van der Waals surface area contributed by atoms with Gasteiger partial charge in [-0.1, -0.05) is 27.5 Å². The topological polar surface area (TPSA) is 54.3 Å². The van der Waals surface area contributed by atoms with Crippen LogP contribution < -0.4 is 5.32 Å². The predicted molar refractivity (Wildman–Crippen MR) is 80.8 cm³/mol. The summed E-state index contributed by atoms with van der Waals surface area (Å²) in [5, 5.41) is 11.6. The molecule has 0 spiro atoms. The van der Waals surface area contributed by atoms with Crippen molar-refractivity contribution in [3.8, 4) is 0 Å². The Morgan fingerprint density at radius 3 is 2.58 bits per heavy atom. The van der Waals surface area contributed by atoms with Crippen LogP contribution in [0.2, 0.25) is 5.02 Å². The summed E-state index contributed by atoms with van der Waals surface area (Å²) in [5.41, 5.74) is 0.976. The molecule has 0 aromatic heterocycles. The molecule has 1 aromatic rings. The molecule has 0 aliphatic carbocycles. The fourth-order valence-electron chi connectivity index (χ4n) is 1.47. The number of amidine groups is 1. The number of hydrogen-bond donors (Lipinski definition) is 2. The van der Waals surface area contributed by atoms with Gasteiger partial charge < -0.3 is 14.8 Å². The summed E-state index contributed by atoms with van der Waals surface area (Å²) in [6.45, 7) is 5.21. The van der Waals surface area contributed by atoms with E-state index in [2.05, 4.69) is 21.2 Å². The standard InChI is InChI=1S/C13H18BrClN2O2/c1-3-18-13(19-4-2)12(16)17-8-9-7-10(15)5-6-11(9)14/h5-7,13H,3-4,8H2,1-2H3,(H2,16,17). The minimum Gasteiger partial charge on any atom is -0.366 e. The molecule has 0 aliphatic heterocycles. The Bertz CT molecular complexity index is 423. The van der Waals surface area contributed by atoms with Crippen molar-refractivity contribution in [2.75, 3.05) is 13.2 Å². The summed E-state index contributed by atoms with van der Waals surface area (Å²) in [5.74, 6) is 0.204. The van der Waals surface area contributed by atoms with Gasteiger partial charge >= 0.3 is 0 Å². The van der Waals surface area contributed by atoms with Gasteiger partial charge in [0.15, 0.2) is 5.84 Å². The average molecular weight is 350 g/mol. The smallest absolute Gasteiger partial charge is 0.216 e. The summed E-state index contributed by atoms with van der Waals surface area (Å²) in [6, 6.07) is 5.54. The minimum absolute atomic E-state index is 0.204. The van der Waals surface area contributed by atoms with E-state index < -0.39 is 6.29 Å². The SMILES string of the molecule is CCOC(OCC)C(=N)NCc1cc(Cl)ccc1Br. The minimum atomic E-state index is -0.645. The third-order valence-electron chi connectivity index (χ3n) is 2.35. The highest BCUT2D eigenvalue weighted by Crippen LogP contribution is 2.20. The summed E-state index contributed by atoms with van der Waals surface area (Å²) in [7, 11) is 0. The zero-order valence-electron chi connectivity index (χ0n) is 11.0. The monoisotopic (exact) mass is 348 g/mol. The van der Waals surface area contributed by atoms with Crippen molar-refractivity contribution in [2.24, 2.45) is 0 Å². The summed E-state index contributed by atoms with van der Waals surface area (Å²) in [4.78, 5) is 0. The molecule has 0 saturated carbocycles. The predicted octanol–water partition coefficient (Wildman–Crippen LogP) is 3.57. The summed E-state index contributed by atoms with van der Waals surface area (Å²) in [6.07, 6.45) is -0.645. The van der Waals surface area contributed by atoms with Crippen LogP contribution in [0.25, 0.3) is 0 Å². The molecule has 1 rings (SSSR count). The second-order valence-electron chi connectivity index (χ2n) is 3.75. The summed E-state index contributed by atoms with van der Waals surface area (Å²) >= 11 is 9.39. The molecule has 0 heterocycles. The van der Waals surface area contributed by atoms with Gasteiger partial charge in [-0.2, -0.15) is 0 Å². The Morgan fingerprint density at radius 1 is 1.37 bits per heavy atom. The van der Waals surface area contributed by atoms with E-state index in [-0.39, 0.29) is 5.84 Å². The van der Waals surface area contributed by atoms with Gasteiger partial charge in [0, 0.05) is 29.3 Å². The van der Waals surface area contributed by atoms with Crippen molar-refractivity contribution >= 4 is 33.4 Å². The number of nitrogens with one attached hydrogen (secondary N) is 2. The Kier molecular flexibility index (Phi) is 7.38. The molecule has 0 aliphatic rings.